The Kier molecular flexibility index (Phi) is 5.14. The van der Waals surface area contributed by atoms with Crippen LogP contribution in [0.15, 0.2) is 0 Å². The van der Waals surface area contributed by atoms with Crippen molar-refractivity contribution >= 4 is 12.6 Å². The molecule has 0 aromatic heterocycles. The fourth-order valence-corrected chi connectivity index (χ4v) is 2.13. The lowest BCUT2D eigenvalue weighted by Crippen LogP contribution is -2.25. The van der Waals surface area contributed by atoms with Crippen LogP contribution in [-0.2, 0) is 0 Å². The molecule has 1 aliphatic rings. The average molecular weight is 203 g/mol. The van der Waals surface area contributed by atoms with Gasteiger partial charge >= 0.3 is 0 Å². The van der Waals surface area contributed by atoms with Crippen molar-refractivity contribution in [3.05, 3.63) is 0 Å². The largest absolute Gasteiger partial charge is 0.393 e. The summed E-state index contributed by atoms with van der Waals surface area (Å²) in [6, 6.07) is 0. The van der Waals surface area contributed by atoms with Gasteiger partial charge in [0, 0.05) is 6.54 Å². The number of thiol groups is 1. The topological polar surface area (TPSA) is 23.5 Å². The van der Waals surface area contributed by atoms with Gasteiger partial charge in [-0.3, -0.25) is 0 Å². The van der Waals surface area contributed by atoms with Crippen LogP contribution < -0.4 is 0 Å². The Morgan fingerprint density at radius 1 is 1.54 bits per heavy atom. The van der Waals surface area contributed by atoms with Gasteiger partial charge in [0.1, 0.15) is 0 Å². The van der Waals surface area contributed by atoms with Gasteiger partial charge in [0.05, 0.1) is 6.10 Å². The third-order valence-electron chi connectivity index (χ3n) is 2.87. The molecule has 2 unspecified atom stereocenters. The van der Waals surface area contributed by atoms with E-state index in [9.17, 15) is 5.11 Å². The first kappa shape index (κ1) is 11.3. The van der Waals surface area contributed by atoms with Gasteiger partial charge in [0.2, 0.25) is 0 Å². The molecule has 1 saturated heterocycles. The summed E-state index contributed by atoms with van der Waals surface area (Å²) in [5, 5.41) is 9.40. The molecule has 0 saturated carbocycles. The number of nitrogens with zero attached hydrogens (tertiary/aromatic N) is 1. The lowest BCUT2D eigenvalue weighted by atomic mass is 10.0. The molecule has 2 nitrogen and oxygen atoms in total. The Labute approximate surface area is 86.7 Å². The molecule has 0 radical (unpaired) electrons. The molecule has 0 aromatic rings. The molecule has 1 aliphatic heterocycles. The van der Waals surface area contributed by atoms with E-state index in [1.165, 1.54) is 32.4 Å². The summed E-state index contributed by atoms with van der Waals surface area (Å²) in [7, 11) is 0. The molecule has 78 valence electrons. The van der Waals surface area contributed by atoms with E-state index < -0.39 is 0 Å². The summed E-state index contributed by atoms with van der Waals surface area (Å²) >= 11 is 4.19. The van der Waals surface area contributed by atoms with Crippen molar-refractivity contribution in [2.45, 2.75) is 32.3 Å². The zero-order valence-electron chi connectivity index (χ0n) is 8.45. The van der Waals surface area contributed by atoms with Crippen LogP contribution in [0.4, 0.5) is 0 Å². The highest BCUT2D eigenvalue weighted by Crippen LogP contribution is 2.19. The second kappa shape index (κ2) is 5.89. The van der Waals surface area contributed by atoms with Crippen LogP contribution in [0.1, 0.15) is 26.2 Å². The quantitative estimate of drug-likeness (QED) is 0.521. The first-order valence-electron chi connectivity index (χ1n) is 5.25. The van der Waals surface area contributed by atoms with Gasteiger partial charge < -0.3 is 10.0 Å². The van der Waals surface area contributed by atoms with E-state index in [2.05, 4.69) is 17.5 Å². The van der Waals surface area contributed by atoms with E-state index in [1.807, 2.05) is 6.92 Å². The van der Waals surface area contributed by atoms with E-state index in [0.29, 0.717) is 5.92 Å². The van der Waals surface area contributed by atoms with Crippen molar-refractivity contribution in [3.63, 3.8) is 0 Å². The van der Waals surface area contributed by atoms with Gasteiger partial charge in [-0.1, -0.05) is 0 Å². The van der Waals surface area contributed by atoms with Crippen molar-refractivity contribution in [1.82, 2.24) is 4.90 Å². The fourth-order valence-electron chi connectivity index (χ4n) is 1.91. The van der Waals surface area contributed by atoms with Gasteiger partial charge in [-0.2, -0.15) is 12.6 Å². The van der Waals surface area contributed by atoms with Gasteiger partial charge in [-0.15, -0.1) is 0 Å². The average Bonchev–Trinajstić information content (AvgIpc) is 2.53. The Balaban J connectivity index is 2.10. The molecule has 1 rings (SSSR count). The van der Waals surface area contributed by atoms with Crippen LogP contribution in [0.2, 0.25) is 0 Å². The minimum absolute atomic E-state index is 0.130. The second-order valence-corrected chi connectivity index (χ2v) is 4.47. The van der Waals surface area contributed by atoms with Crippen LogP contribution in [0, 0.1) is 5.92 Å². The molecule has 1 fully saturated rings. The molecule has 0 spiro atoms. The highest BCUT2D eigenvalue weighted by Gasteiger charge is 2.24. The monoisotopic (exact) mass is 203 g/mol. The number of rotatable bonds is 5. The lowest BCUT2D eigenvalue weighted by Gasteiger charge is -2.16. The Morgan fingerprint density at radius 2 is 2.31 bits per heavy atom. The maximum Gasteiger partial charge on any atom is 0.0552 e. The smallest absolute Gasteiger partial charge is 0.0552 e. The number of unbranched alkanes of at least 4 members (excludes halogenated alkanes) is 1. The van der Waals surface area contributed by atoms with Crippen molar-refractivity contribution in [2.24, 2.45) is 5.92 Å². The maximum absolute atomic E-state index is 9.40. The first-order valence-corrected chi connectivity index (χ1v) is 5.88. The molecule has 2 atom stereocenters. The predicted molar refractivity (Wildman–Crippen MR) is 59.3 cm³/mol. The molecular weight excluding hydrogens is 182 g/mol. The Morgan fingerprint density at radius 3 is 2.85 bits per heavy atom. The molecule has 0 bridgehead atoms. The maximum atomic E-state index is 9.40. The van der Waals surface area contributed by atoms with Gasteiger partial charge in [0.25, 0.3) is 0 Å². The van der Waals surface area contributed by atoms with Crippen LogP contribution in [-0.4, -0.2) is 41.5 Å². The normalized spacial score (nSPS) is 26.5. The minimum Gasteiger partial charge on any atom is -0.393 e. The fraction of sp³-hybridized carbons (Fsp3) is 1.00. The molecule has 0 aliphatic carbocycles. The summed E-state index contributed by atoms with van der Waals surface area (Å²) in [6.45, 7) is 5.35. The van der Waals surface area contributed by atoms with Crippen molar-refractivity contribution < 1.29 is 5.11 Å². The SMILES string of the molecule is CC(O)C1CCN(CCCCS)C1. The van der Waals surface area contributed by atoms with Crippen molar-refractivity contribution in [3.8, 4) is 0 Å². The Hall–Kier alpha value is 0.270. The molecule has 3 heteroatoms. The third-order valence-corrected chi connectivity index (χ3v) is 3.19. The zero-order valence-corrected chi connectivity index (χ0v) is 9.34. The number of likely N-dealkylation sites (tertiary alicyclic amines) is 1. The third kappa shape index (κ3) is 3.88. The van der Waals surface area contributed by atoms with E-state index in [1.54, 1.807) is 0 Å². The number of aliphatic hydroxyl groups is 1. The van der Waals surface area contributed by atoms with Crippen LogP contribution in [0.25, 0.3) is 0 Å². The minimum atomic E-state index is -0.130. The van der Waals surface area contributed by atoms with Crippen molar-refractivity contribution in [2.75, 3.05) is 25.4 Å². The summed E-state index contributed by atoms with van der Waals surface area (Å²) in [5.41, 5.74) is 0. The molecule has 0 amide bonds. The van der Waals surface area contributed by atoms with Gasteiger partial charge in [0.15, 0.2) is 0 Å². The summed E-state index contributed by atoms with van der Waals surface area (Å²) in [4.78, 5) is 2.46. The van der Waals surface area contributed by atoms with Crippen LogP contribution in [0.5, 0.6) is 0 Å². The number of hydrogen-bond acceptors (Lipinski definition) is 3. The van der Waals surface area contributed by atoms with E-state index >= 15 is 0 Å². The molecule has 1 heterocycles. The summed E-state index contributed by atoms with van der Waals surface area (Å²) < 4.78 is 0. The zero-order chi connectivity index (χ0) is 9.68. The number of hydrogen-bond donors (Lipinski definition) is 2. The lowest BCUT2D eigenvalue weighted by molar-refractivity contribution is 0.127. The molecule has 13 heavy (non-hydrogen) atoms. The predicted octanol–water partition coefficient (Wildman–Crippen LogP) is 1.40. The summed E-state index contributed by atoms with van der Waals surface area (Å²) in [6.07, 6.45) is 3.49. The standard InChI is InChI=1S/C10H21NOS/c1-9(12)10-4-6-11(8-10)5-2-3-7-13/h9-10,12-13H,2-8H2,1H3. The second-order valence-electron chi connectivity index (χ2n) is 4.02. The van der Waals surface area contributed by atoms with E-state index in [0.717, 1.165) is 12.3 Å². The summed E-state index contributed by atoms with van der Waals surface area (Å²) in [5.74, 6) is 1.50. The highest BCUT2D eigenvalue weighted by atomic mass is 32.1. The van der Waals surface area contributed by atoms with E-state index in [4.69, 9.17) is 0 Å². The van der Waals surface area contributed by atoms with Crippen molar-refractivity contribution in [1.29, 1.82) is 0 Å². The number of aliphatic hydroxyl groups excluding tert-OH is 1. The molecule has 1 N–H and O–H groups in total. The van der Waals surface area contributed by atoms with Crippen LogP contribution >= 0.6 is 12.6 Å². The highest BCUT2D eigenvalue weighted by molar-refractivity contribution is 7.80. The van der Waals surface area contributed by atoms with Gasteiger partial charge in [-0.05, 0) is 50.9 Å². The van der Waals surface area contributed by atoms with E-state index in [-0.39, 0.29) is 6.10 Å². The molecule has 0 aromatic carbocycles. The van der Waals surface area contributed by atoms with Gasteiger partial charge in [-0.25, -0.2) is 0 Å². The Bertz CT molecular complexity index is 141. The van der Waals surface area contributed by atoms with Crippen LogP contribution in [0.3, 0.4) is 0 Å². The molecular formula is C10H21NOS. The first-order chi connectivity index (χ1) is 6.24.